The molecule has 0 spiro atoms. The monoisotopic (exact) mass is 396 g/mol. The van der Waals surface area contributed by atoms with E-state index >= 15 is 0 Å². The lowest BCUT2D eigenvalue weighted by Gasteiger charge is -2.20. The molecule has 28 heavy (non-hydrogen) atoms. The number of fused-ring (bicyclic) bond motifs is 1. The maximum atomic E-state index is 13.1. The van der Waals surface area contributed by atoms with Crippen LogP contribution in [0.4, 0.5) is 0 Å². The number of H-pyrrole nitrogens is 1. The third kappa shape index (κ3) is 2.90. The first-order chi connectivity index (χ1) is 13.5. The summed E-state index contributed by atoms with van der Waals surface area (Å²) in [6, 6.07) is 8.63. The van der Waals surface area contributed by atoms with Gasteiger partial charge in [-0.1, -0.05) is 30.7 Å². The van der Waals surface area contributed by atoms with Crippen LogP contribution in [0.15, 0.2) is 64.7 Å². The van der Waals surface area contributed by atoms with E-state index in [0.717, 1.165) is 5.56 Å². The normalized spacial score (nSPS) is 12.4. The smallest absolute Gasteiger partial charge is 0.279 e. The van der Waals surface area contributed by atoms with Gasteiger partial charge in [-0.3, -0.25) is 14.7 Å². The van der Waals surface area contributed by atoms with Crippen molar-refractivity contribution in [1.29, 1.82) is 0 Å². The van der Waals surface area contributed by atoms with Gasteiger partial charge in [0.1, 0.15) is 0 Å². The summed E-state index contributed by atoms with van der Waals surface area (Å²) < 4.78 is 2.96. The fraction of sp³-hybridized carbons (Fsp3) is 0.150. The number of pyridine rings is 1. The Bertz CT molecular complexity index is 1280. The zero-order valence-corrected chi connectivity index (χ0v) is 15.7. The summed E-state index contributed by atoms with van der Waals surface area (Å²) in [5.74, 6) is -0.590. The van der Waals surface area contributed by atoms with Gasteiger partial charge in [0.25, 0.3) is 5.56 Å². The number of aromatic nitrogens is 4. The Labute approximate surface area is 164 Å². The highest BCUT2D eigenvalue weighted by atomic mass is 35.5. The summed E-state index contributed by atoms with van der Waals surface area (Å²) in [6.45, 7) is 1.95. The molecule has 142 valence electrons. The highest BCUT2D eigenvalue weighted by Gasteiger charge is 2.19. The number of hydrogen-bond acceptors (Lipinski definition) is 4. The standard InChI is InChI=1S/C20H17ClN4O3/c1-2-16(12-4-3-5-13(21)10-12)25-9-8-24-11-14(15-6-7-22-23-15)18(26)19(27)17(24)20(25)28/h3-11,16,27H,2H2,1H3,(H,22,23). The van der Waals surface area contributed by atoms with E-state index in [-0.39, 0.29) is 17.1 Å². The van der Waals surface area contributed by atoms with Crippen LogP contribution in [-0.2, 0) is 0 Å². The Morgan fingerprint density at radius 1 is 1.25 bits per heavy atom. The minimum Gasteiger partial charge on any atom is -0.503 e. The van der Waals surface area contributed by atoms with Gasteiger partial charge < -0.3 is 14.1 Å². The predicted octanol–water partition coefficient (Wildman–Crippen LogP) is 3.21. The van der Waals surface area contributed by atoms with E-state index in [4.69, 9.17) is 11.6 Å². The number of halogens is 1. The van der Waals surface area contributed by atoms with Crippen LogP contribution in [0.25, 0.3) is 16.8 Å². The number of hydrogen-bond donors (Lipinski definition) is 2. The van der Waals surface area contributed by atoms with Gasteiger partial charge in [-0.25, -0.2) is 0 Å². The second-order valence-electron chi connectivity index (χ2n) is 6.44. The van der Waals surface area contributed by atoms with Crippen molar-refractivity contribution in [3.63, 3.8) is 0 Å². The molecule has 0 aliphatic heterocycles. The maximum Gasteiger partial charge on any atom is 0.279 e. The average molecular weight is 397 g/mol. The molecular weight excluding hydrogens is 380 g/mol. The minimum atomic E-state index is -0.630. The van der Waals surface area contributed by atoms with Crippen LogP contribution >= 0.6 is 11.6 Å². The molecule has 1 atom stereocenters. The number of aromatic hydroxyl groups is 1. The molecule has 4 rings (SSSR count). The fourth-order valence-electron chi connectivity index (χ4n) is 3.43. The van der Waals surface area contributed by atoms with E-state index < -0.39 is 16.7 Å². The lowest BCUT2D eigenvalue weighted by atomic mass is 10.0. The molecule has 3 heterocycles. The molecule has 0 aliphatic carbocycles. The van der Waals surface area contributed by atoms with E-state index in [1.165, 1.54) is 21.4 Å². The maximum absolute atomic E-state index is 13.1. The minimum absolute atomic E-state index is 0.0729. The topological polar surface area (TPSA) is 92.4 Å². The van der Waals surface area contributed by atoms with Crippen LogP contribution in [-0.4, -0.2) is 24.3 Å². The summed E-state index contributed by atoms with van der Waals surface area (Å²) in [5, 5.41) is 17.6. The van der Waals surface area contributed by atoms with Crippen LogP contribution in [0, 0.1) is 0 Å². The van der Waals surface area contributed by atoms with Crippen molar-refractivity contribution in [2.24, 2.45) is 0 Å². The van der Waals surface area contributed by atoms with Gasteiger partial charge in [0.2, 0.25) is 5.43 Å². The molecule has 1 aromatic carbocycles. The Kier molecular flexibility index (Phi) is 4.52. The molecule has 0 fully saturated rings. The molecule has 0 aliphatic rings. The summed E-state index contributed by atoms with van der Waals surface area (Å²) in [5.41, 5.74) is 0.402. The molecule has 2 N–H and O–H groups in total. The lowest BCUT2D eigenvalue weighted by molar-refractivity contribution is 0.470. The SMILES string of the molecule is CCC(c1cccc(Cl)c1)n1ccn2cc(-c3ccn[nH]3)c(=O)c(O)c2c1=O. The number of nitrogens with one attached hydrogen (secondary N) is 1. The molecule has 0 amide bonds. The van der Waals surface area contributed by atoms with Crippen molar-refractivity contribution in [2.45, 2.75) is 19.4 Å². The molecular formula is C20H17ClN4O3. The lowest BCUT2D eigenvalue weighted by Crippen LogP contribution is -2.28. The zero-order valence-electron chi connectivity index (χ0n) is 15.0. The van der Waals surface area contributed by atoms with Gasteiger partial charge in [-0.05, 0) is 30.2 Å². The molecule has 3 aromatic heterocycles. The number of rotatable bonds is 4. The predicted molar refractivity (Wildman–Crippen MR) is 107 cm³/mol. The Morgan fingerprint density at radius 3 is 2.75 bits per heavy atom. The Hall–Kier alpha value is -3.32. The average Bonchev–Trinajstić information content (AvgIpc) is 3.21. The van der Waals surface area contributed by atoms with Crippen molar-refractivity contribution in [2.75, 3.05) is 0 Å². The van der Waals surface area contributed by atoms with Crippen LogP contribution in [0.5, 0.6) is 5.75 Å². The summed E-state index contributed by atoms with van der Waals surface area (Å²) in [4.78, 5) is 25.8. The molecule has 0 radical (unpaired) electrons. The van der Waals surface area contributed by atoms with E-state index in [9.17, 15) is 14.7 Å². The highest BCUT2D eigenvalue weighted by molar-refractivity contribution is 6.30. The molecule has 8 heteroatoms. The summed E-state index contributed by atoms with van der Waals surface area (Å²) >= 11 is 6.10. The third-order valence-corrected chi connectivity index (χ3v) is 5.02. The fourth-order valence-corrected chi connectivity index (χ4v) is 3.63. The number of nitrogens with zero attached hydrogens (tertiary/aromatic N) is 3. The first kappa shape index (κ1) is 18.1. The van der Waals surface area contributed by atoms with Gasteiger partial charge in [0, 0.05) is 29.8 Å². The van der Waals surface area contributed by atoms with Crippen molar-refractivity contribution in [3.05, 3.63) is 86.3 Å². The van der Waals surface area contributed by atoms with Crippen molar-refractivity contribution in [1.82, 2.24) is 19.2 Å². The zero-order chi connectivity index (χ0) is 19.8. The van der Waals surface area contributed by atoms with Gasteiger partial charge in [-0.2, -0.15) is 5.10 Å². The molecule has 0 bridgehead atoms. The van der Waals surface area contributed by atoms with Crippen LogP contribution < -0.4 is 11.0 Å². The van der Waals surface area contributed by atoms with Crippen molar-refractivity contribution < 1.29 is 5.11 Å². The number of aromatic amines is 1. The molecule has 1 unspecified atom stereocenters. The van der Waals surface area contributed by atoms with E-state index in [2.05, 4.69) is 10.2 Å². The van der Waals surface area contributed by atoms with Gasteiger partial charge in [0.05, 0.1) is 17.3 Å². The van der Waals surface area contributed by atoms with E-state index in [1.54, 1.807) is 30.6 Å². The summed E-state index contributed by atoms with van der Waals surface area (Å²) in [7, 11) is 0. The third-order valence-electron chi connectivity index (χ3n) is 4.78. The quantitative estimate of drug-likeness (QED) is 0.554. The van der Waals surface area contributed by atoms with Gasteiger partial charge >= 0.3 is 0 Å². The molecule has 7 nitrogen and oxygen atoms in total. The molecule has 0 saturated heterocycles. The van der Waals surface area contributed by atoms with E-state index in [0.29, 0.717) is 17.1 Å². The Morgan fingerprint density at radius 2 is 2.07 bits per heavy atom. The molecule has 4 aromatic rings. The van der Waals surface area contributed by atoms with Crippen molar-refractivity contribution in [3.8, 4) is 17.0 Å². The largest absolute Gasteiger partial charge is 0.503 e. The first-order valence-corrected chi connectivity index (χ1v) is 9.13. The molecule has 0 saturated carbocycles. The van der Waals surface area contributed by atoms with Crippen LogP contribution in [0.2, 0.25) is 5.02 Å². The second kappa shape index (κ2) is 7.01. The van der Waals surface area contributed by atoms with Gasteiger partial charge in [-0.15, -0.1) is 0 Å². The Balaban J connectivity index is 1.94. The van der Waals surface area contributed by atoms with Crippen molar-refractivity contribution >= 4 is 17.1 Å². The summed E-state index contributed by atoms with van der Waals surface area (Å²) in [6.07, 6.45) is 6.94. The second-order valence-corrected chi connectivity index (χ2v) is 6.87. The first-order valence-electron chi connectivity index (χ1n) is 8.75. The van der Waals surface area contributed by atoms with Gasteiger partial charge in [0.15, 0.2) is 11.3 Å². The van der Waals surface area contributed by atoms with Crippen LogP contribution in [0.3, 0.4) is 0 Å². The highest BCUT2D eigenvalue weighted by Crippen LogP contribution is 2.24. The van der Waals surface area contributed by atoms with E-state index in [1.807, 2.05) is 19.1 Å². The van der Waals surface area contributed by atoms with Crippen LogP contribution in [0.1, 0.15) is 24.9 Å². The number of benzene rings is 1.